The zero-order valence-electron chi connectivity index (χ0n) is 25.4. The number of alkyl halides is 4. The van der Waals surface area contributed by atoms with Gasteiger partial charge in [0.15, 0.2) is 0 Å². The van der Waals surface area contributed by atoms with Gasteiger partial charge in [-0.25, -0.2) is 4.98 Å². The van der Waals surface area contributed by atoms with Crippen molar-refractivity contribution in [1.29, 1.82) is 0 Å². The number of carboxylic acids is 1. The molecule has 9 atom stereocenters. The highest BCUT2D eigenvalue weighted by molar-refractivity contribution is 8.00. The first-order chi connectivity index (χ1) is 20.9. The summed E-state index contributed by atoms with van der Waals surface area (Å²) in [6, 6.07) is -0.225. The number of aromatic nitrogens is 2. The number of carbonyl (C=O) groups is 1. The molecule has 44 heavy (non-hydrogen) atoms. The van der Waals surface area contributed by atoms with Gasteiger partial charge in [0.05, 0.1) is 37.4 Å². The van der Waals surface area contributed by atoms with Gasteiger partial charge >= 0.3 is 12.1 Å². The molecule has 2 N–H and O–H groups in total. The lowest BCUT2D eigenvalue weighted by Gasteiger charge is -2.47. The Balaban J connectivity index is 1.14. The molecule has 246 valence electrons. The third kappa shape index (κ3) is 6.99. The van der Waals surface area contributed by atoms with Crippen molar-refractivity contribution in [3.63, 3.8) is 0 Å². The minimum absolute atomic E-state index is 0.0362. The Labute approximate surface area is 265 Å². The molecule has 0 amide bonds. The van der Waals surface area contributed by atoms with Crippen molar-refractivity contribution < 1.29 is 27.8 Å². The summed E-state index contributed by atoms with van der Waals surface area (Å²) >= 11 is 8.45. The average Bonchev–Trinajstić information content (AvgIpc) is 3.71. The third-order valence-corrected chi connectivity index (χ3v) is 12.6. The van der Waals surface area contributed by atoms with Gasteiger partial charge in [-0.05, 0) is 83.5 Å². The van der Waals surface area contributed by atoms with Crippen LogP contribution in [0.15, 0.2) is 4.79 Å². The number of carboxylic acid groups (broad SMARTS) is 1. The van der Waals surface area contributed by atoms with Gasteiger partial charge in [-0.15, -0.1) is 11.6 Å². The van der Waals surface area contributed by atoms with Crippen molar-refractivity contribution in [3.05, 3.63) is 27.4 Å². The van der Waals surface area contributed by atoms with E-state index in [4.69, 9.17) is 21.3 Å². The molecule has 8 unspecified atom stereocenters. The SMILES string of the molecule is Cc1nc2c(c(=O)n1CCOC1CCC(Cl)CC1C1CC(C)NC3C(C(=O)O)CSC13)C[C@H](N(CC(F)(F)F)C1CC1)CC2. The molecule has 3 heterocycles. The van der Waals surface area contributed by atoms with Crippen LogP contribution in [0.5, 0.6) is 0 Å². The lowest BCUT2D eigenvalue weighted by molar-refractivity contribution is -0.153. The molecule has 1 aromatic rings. The number of ether oxygens (including phenoxy) is 1. The van der Waals surface area contributed by atoms with Crippen molar-refractivity contribution in [2.75, 3.05) is 18.9 Å². The molecule has 8 nitrogen and oxygen atoms in total. The fourth-order valence-corrected chi connectivity index (χ4v) is 10.6. The van der Waals surface area contributed by atoms with Gasteiger partial charge in [0.2, 0.25) is 0 Å². The molecule has 13 heteroatoms. The van der Waals surface area contributed by atoms with Gasteiger partial charge in [0.1, 0.15) is 5.82 Å². The molecule has 4 fully saturated rings. The number of halogens is 4. The summed E-state index contributed by atoms with van der Waals surface area (Å²) in [6.45, 7) is 3.64. The third-order valence-electron chi connectivity index (χ3n) is 10.6. The Morgan fingerprint density at radius 2 is 1.95 bits per heavy atom. The van der Waals surface area contributed by atoms with Gasteiger partial charge in [-0.3, -0.25) is 19.1 Å². The average molecular weight is 661 g/mol. The van der Waals surface area contributed by atoms with Crippen LogP contribution in [0.4, 0.5) is 13.2 Å². The highest BCUT2D eigenvalue weighted by Gasteiger charge is 2.52. The summed E-state index contributed by atoms with van der Waals surface area (Å²) < 4.78 is 48.3. The predicted octanol–water partition coefficient (Wildman–Crippen LogP) is 4.41. The van der Waals surface area contributed by atoms with Crippen molar-refractivity contribution in [3.8, 4) is 0 Å². The zero-order valence-corrected chi connectivity index (χ0v) is 27.0. The summed E-state index contributed by atoms with van der Waals surface area (Å²) in [5.74, 6) is 0.542. The minimum Gasteiger partial charge on any atom is -0.481 e. The number of thioether (sulfide) groups is 1. The molecule has 0 aromatic carbocycles. The first-order valence-corrected chi connectivity index (χ1v) is 17.7. The molecule has 0 spiro atoms. The van der Waals surface area contributed by atoms with Crippen LogP contribution < -0.4 is 10.9 Å². The number of aliphatic carboxylic acids is 1. The maximum absolute atomic E-state index is 13.7. The van der Waals surface area contributed by atoms with E-state index in [1.165, 1.54) is 0 Å². The van der Waals surface area contributed by atoms with E-state index >= 15 is 0 Å². The number of piperidine rings is 1. The summed E-state index contributed by atoms with van der Waals surface area (Å²) in [6.07, 6.45) is 2.04. The van der Waals surface area contributed by atoms with Gasteiger partial charge in [-0.1, -0.05) is 0 Å². The van der Waals surface area contributed by atoms with Gasteiger partial charge in [-0.2, -0.15) is 24.9 Å². The summed E-state index contributed by atoms with van der Waals surface area (Å²) in [4.78, 5) is 31.9. The van der Waals surface area contributed by atoms with Crippen LogP contribution in [-0.4, -0.2) is 91.5 Å². The van der Waals surface area contributed by atoms with Crippen LogP contribution in [0, 0.1) is 24.7 Å². The molecule has 3 aliphatic carbocycles. The molecule has 0 bridgehead atoms. The van der Waals surface area contributed by atoms with Crippen LogP contribution in [0.1, 0.15) is 69.0 Å². The van der Waals surface area contributed by atoms with Gasteiger partial charge in [0, 0.05) is 46.1 Å². The highest BCUT2D eigenvalue weighted by Crippen LogP contribution is 2.48. The fraction of sp³-hybridized carbons (Fsp3) is 0.839. The molecule has 2 aliphatic heterocycles. The molecule has 6 rings (SSSR count). The van der Waals surface area contributed by atoms with Crippen molar-refractivity contribution in [1.82, 2.24) is 19.8 Å². The summed E-state index contributed by atoms with van der Waals surface area (Å²) in [5, 5.41) is 13.6. The largest absolute Gasteiger partial charge is 0.481 e. The standard InChI is InChI=1S/C31H44ClF3N4O4S/c1-16-11-22(28-27(36-16)24(14-44-28)30(41)42)21-12-18(32)3-8-26(21)43-10-9-38-17(2)37-25-7-6-20(13-23(25)29(38)40)39(19-4-5-19)15-31(33,34)35/h16,18-22,24,26-28,36H,3-15H2,1-2H3,(H,41,42)/t16?,18?,20-,21?,22?,24?,26?,27?,28?/m1/s1. The quantitative estimate of drug-likeness (QED) is 0.376. The molecule has 5 aliphatic rings. The van der Waals surface area contributed by atoms with E-state index in [2.05, 4.69) is 12.2 Å². The highest BCUT2D eigenvalue weighted by atomic mass is 35.5. The first-order valence-electron chi connectivity index (χ1n) is 16.2. The number of nitrogens with zero attached hydrogens (tertiary/aromatic N) is 3. The molecule has 2 saturated heterocycles. The fourth-order valence-electron chi connectivity index (χ4n) is 8.44. The molecular weight excluding hydrogens is 617 g/mol. The zero-order chi connectivity index (χ0) is 31.3. The minimum atomic E-state index is -4.27. The van der Waals surface area contributed by atoms with E-state index < -0.39 is 24.6 Å². The predicted molar refractivity (Wildman–Crippen MR) is 163 cm³/mol. The van der Waals surface area contributed by atoms with E-state index in [1.807, 2.05) is 6.92 Å². The number of hydrogen-bond donors (Lipinski definition) is 2. The Bertz CT molecular complexity index is 1280. The summed E-state index contributed by atoms with van der Waals surface area (Å²) in [7, 11) is 0. The van der Waals surface area contributed by atoms with E-state index in [-0.39, 0.29) is 58.3 Å². The van der Waals surface area contributed by atoms with E-state index in [9.17, 15) is 27.9 Å². The second-order valence-electron chi connectivity index (χ2n) is 13.7. The second kappa shape index (κ2) is 13.0. The number of rotatable bonds is 9. The van der Waals surface area contributed by atoms with Crippen LogP contribution in [-0.2, 0) is 28.9 Å². The van der Waals surface area contributed by atoms with Crippen LogP contribution >= 0.6 is 23.4 Å². The van der Waals surface area contributed by atoms with E-state index in [1.54, 1.807) is 21.2 Å². The molecule has 2 saturated carbocycles. The van der Waals surface area contributed by atoms with E-state index in [0.717, 1.165) is 38.5 Å². The first kappa shape index (κ1) is 32.6. The normalized spacial score (nSPS) is 35.8. The molecule has 0 radical (unpaired) electrons. The lowest BCUT2D eigenvalue weighted by atomic mass is 9.70. The monoisotopic (exact) mass is 660 g/mol. The smallest absolute Gasteiger partial charge is 0.401 e. The Morgan fingerprint density at radius 3 is 2.66 bits per heavy atom. The van der Waals surface area contributed by atoms with Crippen molar-refractivity contribution in [2.45, 2.75) is 125 Å². The Morgan fingerprint density at radius 1 is 1.18 bits per heavy atom. The second-order valence-corrected chi connectivity index (χ2v) is 15.5. The molecule has 1 aromatic heterocycles. The topological polar surface area (TPSA) is 96.7 Å². The van der Waals surface area contributed by atoms with Crippen LogP contribution in [0.2, 0.25) is 0 Å². The Kier molecular flexibility index (Phi) is 9.66. The number of fused-ring (bicyclic) bond motifs is 2. The van der Waals surface area contributed by atoms with Crippen molar-refractivity contribution in [2.24, 2.45) is 17.8 Å². The molecular formula is C31H44ClF3N4O4S. The summed E-state index contributed by atoms with van der Waals surface area (Å²) in [5.41, 5.74) is 1.09. The number of hydrogen-bond acceptors (Lipinski definition) is 7. The lowest BCUT2D eigenvalue weighted by Crippen LogP contribution is -2.57. The van der Waals surface area contributed by atoms with Crippen LogP contribution in [0.3, 0.4) is 0 Å². The van der Waals surface area contributed by atoms with Crippen molar-refractivity contribution >= 4 is 29.3 Å². The Hall–Kier alpha value is -1.34. The van der Waals surface area contributed by atoms with Gasteiger partial charge < -0.3 is 15.2 Å². The van der Waals surface area contributed by atoms with Gasteiger partial charge in [0.25, 0.3) is 5.56 Å². The maximum Gasteiger partial charge on any atom is 0.401 e. The number of aryl methyl sites for hydroxylation is 2. The van der Waals surface area contributed by atoms with E-state index in [0.29, 0.717) is 55.2 Å². The van der Waals surface area contributed by atoms with Crippen LogP contribution in [0.25, 0.3) is 0 Å². The number of nitrogens with one attached hydrogen (secondary N) is 1. The maximum atomic E-state index is 13.7.